The van der Waals surface area contributed by atoms with Crippen LogP contribution in [0.4, 0.5) is 0 Å². The molecule has 4 nitrogen and oxygen atoms in total. The van der Waals surface area contributed by atoms with Crippen LogP contribution in [0.2, 0.25) is 0 Å². The summed E-state index contributed by atoms with van der Waals surface area (Å²) in [7, 11) is 0. The third-order valence-corrected chi connectivity index (χ3v) is 2.57. The predicted octanol–water partition coefficient (Wildman–Crippen LogP) is 1.75. The number of hydrogen-bond acceptors (Lipinski definition) is 4. The van der Waals surface area contributed by atoms with Crippen LogP contribution in [0, 0.1) is 6.92 Å². The van der Waals surface area contributed by atoms with Crippen molar-refractivity contribution in [2.45, 2.75) is 33.0 Å². The highest BCUT2D eigenvalue weighted by Gasteiger charge is 2.04. The first-order chi connectivity index (χ1) is 9.08. The van der Waals surface area contributed by atoms with Gasteiger partial charge in [-0.1, -0.05) is 17.7 Å². The van der Waals surface area contributed by atoms with E-state index in [0.29, 0.717) is 19.8 Å². The molecule has 0 spiro atoms. The molecule has 0 heterocycles. The van der Waals surface area contributed by atoms with Gasteiger partial charge in [0.2, 0.25) is 0 Å². The molecule has 0 aliphatic heterocycles. The smallest absolute Gasteiger partial charge is 0.119 e. The molecule has 108 valence electrons. The van der Waals surface area contributed by atoms with Gasteiger partial charge in [-0.2, -0.15) is 0 Å². The van der Waals surface area contributed by atoms with Gasteiger partial charge in [0.25, 0.3) is 0 Å². The van der Waals surface area contributed by atoms with Crippen LogP contribution in [0.15, 0.2) is 24.3 Å². The summed E-state index contributed by atoms with van der Waals surface area (Å²) >= 11 is 0. The Morgan fingerprint density at radius 2 is 1.89 bits per heavy atom. The molecule has 0 saturated carbocycles. The van der Waals surface area contributed by atoms with E-state index in [0.717, 1.165) is 12.3 Å². The monoisotopic (exact) mass is 267 g/mol. The SMILES string of the molecule is Cc1ccc(OCC(O)CNCCOC(C)C)cc1. The van der Waals surface area contributed by atoms with Crippen LogP contribution in [0.1, 0.15) is 19.4 Å². The topological polar surface area (TPSA) is 50.7 Å². The lowest BCUT2D eigenvalue weighted by atomic mass is 10.2. The van der Waals surface area contributed by atoms with Gasteiger partial charge in [-0.15, -0.1) is 0 Å². The van der Waals surface area contributed by atoms with Crippen LogP contribution in [0.5, 0.6) is 5.75 Å². The Bertz CT molecular complexity index is 338. The molecular weight excluding hydrogens is 242 g/mol. The van der Waals surface area contributed by atoms with Crippen molar-refractivity contribution >= 4 is 0 Å². The first-order valence-corrected chi connectivity index (χ1v) is 6.78. The number of aliphatic hydroxyl groups excluding tert-OH is 1. The Morgan fingerprint density at radius 1 is 1.21 bits per heavy atom. The number of ether oxygens (including phenoxy) is 2. The second-order valence-electron chi connectivity index (χ2n) is 4.90. The molecule has 1 unspecified atom stereocenters. The largest absolute Gasteiger partial charge is 0.491 e. The zero-order valence-electron chi connectivity index (χ0n) is 12.1. The van der Waals surface area contributed by atoms with E-state index in [4.69, 9.17) is 9.47 Å². The van der Waals surface area contributed by atoms with E-state index in [1.807, 2.05) is 45.0 Å². The summed E-state index contributed by atoms with van der Waals surface area (Å²) < 4.78 is 10.9. The zero-order chi connectivity index (χ0) is 14.1. The molecule has 0 radical (unpaired) electrons. The maximum atomic E-state index is 9.75. The van der Waals surface area contributed by atoms with Gasteiger partial charge in [-0.05, 0) is 32.9 Å². The van der Waals surface area contributed by atoms with Crippen molar-refractivity contribution in [1.29, 1.82) is 0 Å². The Balaban J connectivity index is 2.07. The summed E-state index contributed by atoms with van der Waals surface area (Å²) in [5, 5.41) is 12.9. The van der Waals surface area contributed by atoms with E-state index < -0.39 is 6.10 Å². The Labute approximate surface area is 115 Å². The fourth-order valence-electron chi connectivity index (χ4n) is 1.52. The highest BCUT2D eigenvalue weighted by Crippen LogP contribution is 2.11. The molecule has 0 saturated heterocycles. The Morgan fingerprint density at radius 3 is 2.53 bits per heavy atom. The third-order valence-electron chi connectivity index (χ3n) is 2.57. The van der Waals surface area contributed by atoms with Crippen molar-refractivity contribution in [2.75, 3.05) is 26.3 Å². The lowest BCUT2D eigenvalue weighted by molar-refractivity contribution is 0.0735. The van der Waals surface area contributed by atoms with E-state index in [2.05, 4.69) is 5.32 Å². The molecule has 1 rings (SSSR count). The van der Waals surface area contributed by atoms with E-state index in [1.54, 1.807) is 0 Å². The van der Waals surface area contributed by atoms with Gasteiger partial charge in [0.15, 0.2) is 0 Å². The molecule has 1 aromatic carbocycles. The summed E-state index contributed by atoms with van der Waals surface area (Å²) in [6.07, 6.45) is -0.267. The third kappa shape index (κ3) is 7.82. The van der Waals surface area contributed by atoms with Crippen molar-refractivity contribution in [2.24, 2.45) is 0 Å². The molecule has 1 aromatic rings. The van der Waals surface area contributed by atoms with Crippen molar-refractivity contribution in [3.63, 3.8) is 0 Å². The molecule has 0 aliphatic rings. The maximum Gasteiger partial charge on any atom is 0.119 e. The van der Waals surface area contributed by atoms with Crippen LogP contribution >= 0.6 is 0 Å². The number of benzene rings is 1. The standard InChI is InChI=1S/C15H25NO3/c1-12(2)18-9-8-16-10-14(17)11-19-15-6-4-13(3)5-7-15/h4-7,12,14,16-17H,8-11H2,1-3H3. The minimum Gasteiger partial charge on any atom is -0.491 e. The average Bonchev–Trinajstić information content (AvgIpc) is 2.37. The highest BCUT2D eigenvalue weighted by molar-refractivity contribution is 5.26. The number of aryl methyl sites for hydroxylation is 1. The molecule has 4 heteroatoms. The lowest BCUT2D eigenvalue weighted by Crippen LogP contribution is -2.33. The van der Waals surface area contributed by atoms with Crippen LogP contribution in [0.3, 0.4) is 0 Å². The molecule has 0 aliphatic carbocycles. The van der Waals surface area contributed by atoms with Crippen molar-refractivity contribution < 1.29 is 14.6 Å². The van der Waals surface area contributed by atoms with Gasteiger partial charge in [0, 0.05) is 13.1 Å². The molecule has 1 atom stereocenters. The van der Waals surface area contributed by atoms with Gasteiger partial charge in [-0.25, -0.2) is 0 Å². The molecule has 0 fully saturated rings. The number of hydrogen-bond donors (Lipinski definition) is 2. The summed E-state index contributed by atoms with van der Waals surface area (Å²) in [6.45, 7) is 8.23. The van der Waals surface area contributed by atoms with Crippen LogP contribution in [-0.2, 0) is 4.74 Å². The molecule has 0 aromatic heterocycles. The Hall–Kier alpha value is -1.10. The predicted molar refractivity (Wildman–Crippen MR) is 76.6 cm³/mol. The van der Waals surface area contributed by atoms with Crippen molar-refractivity contribution in [1.82, 2.24) is 5.32 Å². The summed E-state index contributed by atoms with van der Waals surface area (Å²) in [4.78, 5) is 0. The summed E-state index contributed by atoms with van der Waals surface area (Å²) in [5.74, 6) is 0.785. The Kier molecular flexibility index (Phi) is 7.48. The van der Waals surface area contributed by atoms with Gasteiger partial charge in [-0.3, -0.25) is 0 Å². The van der Waals surface area contributed by atoms with E-state index in [-0.39, 0.29) is 6.10 Å². The first kappa shape index (κ1) is 16.0. The zero-order valence-corrected chi connectivity index (χ0v) is 12.1. The average molecular weight is 267 g/mol. The minimum atomic E-state index is -0.514. The van der Waals surface area contributed by atoms with Crippen LogP contribution < -0.4 is 10.1 Å². The fraction of sp³-hybridized carbons (Fsp3) is 0.600. The molecule has 0 bridgehead atoms. The van der Waals surface area contributed by atoms with E-state index in [1.165, 1.54) is 5.56 Å². The summed E-state index contributed by atoms with van der Waals surface area (Å²) in [5.41, 5.74) is 1.19. The molecule has 0 amide bonds. The fourth-order valence-corrected chi connectivity index (χ4v) is 1.52. The lowest BCUT2D eigenvalue weighted by Gasteiger charge is -2.14. The molecule has 2 N–H and O–H groups in total. The number of aliphatic hydroxyl groups is 1. The number of nitrogens with one attached hydrogen (secondary N) is 1. The highest BCUT2D eigenvalue weighted by atomic mass is 16.5. The van der Waals surface area contributed by atoms with Gasteiger partial charge >= 0.3 is 0 Å². The minimum absolute atomic E-state index is 0.247. The van der Waals surface area contributed by atoms with Crippen molar-refractivity contribution in [3.05, 3.63) is 29.8 Å². The first-order valence-electron chi connectivity index (χ1n) is 6.78. The molecular formula is C15H25NO3. The normalized spacial score (nSPS) is 12.7. The van der Waals surface area contributed by atoms with Gasteiger partial charge in [0.05, 0.1) is 12.7 Å². The summed E-state index contributed by atoms with van der Waals surface area (Å²) in [6, 6.07) is 7.80. The quantitative estimate of drug-likeness (QED) is 0.669. The second-order valence-corrected chi connectivity index (χ2v) is 4.90. The van der Waals surface area contributed by atoms with Crippen molar-refractivity contribution in [3.8, 4) is 5.75 Å². The van der Waals surface area contributed by atoms with E-state index in [9.17, 15) is 5.11 Å². The van der Waals surface area contributed by atoms with Crippen LogP contribution in [0.25, 0.3) is 0 Å². The van der Waals surface area contributed by atoms with Gasteiger partial charge in [0.1, 0.15) is 18.5 Å². The second kappa shape index (κ2) is 8.91. The maximum absolute atomic E-state index is 9.75. The van der Waals surface area contributed by atoms with Gasteiger partial charge < -0.3 is 19.9 Å². The molecule has 19 heavy (non-hydrogen) atoms. The number of rotatable bonds is 9. The van der Waals surface area contributed by atoms with E-state index >= 15 is 0 Å². The van der Waals surface area contributed by atoms with Crippen LogP contribution in [-0.4, -0.2) is 43.6 Å².